The second kappa shape index (κ2) is 11.2. The van der Waals surface area contributed by atoms with Crippen LogP contribution in [0.4, 0.5) is 13.2 Å². The van der Waals surface area contributed by atoms with E-state index in [1.165, 1.54) is 10.8 Å². The molecule has 13 heteroatoms. The zero-order valence-electron chi connectivity index (χ0n) is 17.5. The third kappa shape index (κ3) is 7.02. The Morgan fingerprint density at radius 2 is 1.74 bits per heavy atom. The van der Waals surface area contributed by atoms with Gasteiger partial charge in [0.05, 0.1) is 18.7 Å². The number of nitrogens with zero attached hydrogens (tertiary/aromatic N) is 1. The molecule has 3 aromatic rings. The number of carboxylic acid groups (broad SMARTS) is 1. The molecular formula is C21H21F3N4O6. The van der Waals surface area contributed by atoms with E-state index in [4.69, 9.17) is 20.7 Å². The Bertz CT molecular complexity index is 1290. The highest BCUT2D eigenvalue weighted by Crippen LogP contribution is 2.19. The molecule has 0 saturated heterocycles. The van der Waals surface area contributed by atoms with Crippen LogP contribution in [0.5, 0.6) is 0 Å². The Balaban J connectivity index is 0.000000509. The van der Waals surface area contributed by atoms with Gasteiger partial charge in [0.15, 0.2) is 0 Å². The summed E-state index contributed by atoms with van der Waals surface area (Å²) in [5.74, 6) is -3.20. The van der Waals surface area contributed by atoms with E-state index in [1.54, 1.807) is 6.07 Å². The number of carboxylic acids is 1. The summed E-state index contributed by atoms with van der Waals surface area (Å²) in [5, 5.41) is 20.7. The van der Waals surface area contributed by atoms with Crippen LogP contribution in [0.3, 0.4) is 0 Å². The summed E-state index contributed by atoms with van der Waals surface area (Å²) >= 11 is 0. The Labute approximate surface area is 189 Å². The smallest absolute Gasteiger partial charge is 0.475 e. The SMILES string of the molecule is NC(C(=O)NCc1cn(CCO)c(=O)[nH]c1=O)c1ccc2ccccc2c1.O=C(O)C(F)(F)F. The molecule has 34 heavy (non-hydrogen) atoms. The molecule has 182 valence electrons. The number of aromatic nitrogens is 2. The average molecular weight is 482 g/mol. The number of halogens is 3. The molecule has 1 unspecified atom stereocenters. The molecule has 0 saturated carbocycles. The van der Waals surface area contributed by atoms with E-state index in [1.807, 2.05) is 36.4 Å². The van der Waals surface area contributed by atoms with Gasteiger partial charge in [-0.3, -0.25) is 19.1 Å². The summed E-state index contributed by atoms with van der Waals surface area (Å²) in [5.41, 5.74) is 5.70. The molecule has 0 radical (unpaired) electrons. The second-order valence-corrected chi connectivity index (χ2v) is 6.94. The predicted octanol–water partition coefficient (Wildman–Crippen LogP) is 0.632. The molecule has 0 spiro atoms. The highest BCUT2D eigenvalue weighted by Gasteiger charge is 2.38. The van der Waals surface area contributed by atoms with Gasteiger partial charge in [-0.2, -0.15) is 13.2 Å². The number of carbonyl (C=O) groups excluding carboxylic acids is 1. The first-order chi connectivity index (χ1) is 15.9. The van der Waals surface area contributed by atoms with E-state index in [2.05, 4.69) is 10.3 Å². The Hall–Kier alpha value is -3.97. The normalized spacial score (nSPS) is 11.9. The Morgan fingerprint density at radius 3 is 2.32 bits per heavy atom. The predicted molar refractivity (Wildman–Crippen MR) is 115 cm³/mol. The van der Waals surface area contributed by atoms with Crippen LogP contribution in [0.2, 0.25) is 0 Å². The number of aliphatic hydroxyl groups excluding tert-OH is 1. The van der Waals surface area contributed by atoms with Crippen LogP contribution in [-0.4, -0.2) is 44.4 Å². The van der Waals surface area contributed by atoms with Crippen molar-refractivity contribution >= 4 is 22.6 Å². The van der Waals surface area contributed by atoms with Crippen molar-refractivity contribution in [3.63, 3.8) is 0 Å². The fraction of sp³-hybridized carbons (Fsp3) is 0.238. The van der Waals surface area contributed by atoms with Gasteiger partial charge in [0.1, 0.15) is 6.04 Å². The van der Waals surface area contributed by atoms with Crippen LogP contribution < -0.4 is 22.3 Å². The summed E-state index contributed by atoms with van der Waals surface area (Å²) in [4.78, 5) is 46.9. The van der Waals surface area contributed by atoms with E-state index >= 15 is 0 Å². The number of aromatic amines is 1. The fourth-order valence-corrected chi connectivity index (χ4v) is 2.80. The third-order valence-corrected chi connectivity index (χ3v) is 4.54. The first-order valence-corrected chi connectivity index (χ1v) is 9.69. The lowest BCUT2D eigenvalue weighted by molar-refractivity contribution is -0.192. The standard InChI is InChI=1S/C19H20N4O4.C2HF3O2/c20-16(14-6-5-12-3-1-2-4-13(12)9-14)18(26)21-10-15-11-23(7-8-24)19(27)22-17(15)25;3-2(4,5)1(6)7/h1-6,9,11,16,24H,7-8,10,20H2,(H,21,26)(H,22,25,27);(H,6,7). The molecule has 0 aliphatic heterocycles. The summed E-state index contributed by atoms with van der Waals surface area (Å²) in [6, 6.07) is 12.4. The average Bonchev–Trinajstić information content (AvgIpc) is 2.79. The Kier molecular flexibility index (Phi) is 8.70. The van der Waals surface area contributed by atoms with E-state index in [0.717, 1.165) is 10.8 Å². The molecule has 1 heterocycles. The first kappa shape index (κ1) is 26.3. The molecule has 0 aliphatic rings. The summed E-state index contributed by atoms with van der Waals surface area (Å²) in [7, 11) is 0. The van der Waals surface area contributed by atoms with Crippen LogP contribution in [0.1, 0.15) is 17.2 Å². The lowest BCUT2D eigenvalue weighted by atomic mass is 10.0. The number of hydrogen-bond donors (Lipinski definition) is 5. The number of nitrogens with one attached hydrogen (secondary N) is 2. The minimum Gasteiger partial charge on any atom is -0.475 e. The number of amides is 1. The number of aliphatic carboxylic acids is 1. The summed E-state index contributed by atoms with van der Waals surface area (Å²) in [6.45, 7) is -0.279. The van der Waals surface area contributed by atoms with E-state index < -0.39 is 35.3 Å². The number of nitrogens with two attached hydrogens (primary N) is 1. The number of benzene rings is 2. The van der Waals surface area contributed by atoms with Gasteiger partial charge in [-0.15, -0.1) is 0 Å². The molecule has 2 aromatic carbocycles. The molecule has 6 N–H and O–H groups in total. The van der Waals surface area contributed by atoms with Gasteiger partial charge in [0.2, 0.25) is 5.91 Å². The maximum Gasteiger partial charge on any atom is 0.490 e. The van der Waals surface area contributed by atoms with E-state index in [0.29, 0.717) is 5.56 Å². The van der Waals surface area contributed by atoms with Crippen molar-refractivity contribution in [2.24, 2.45) is 5.73 Å². The highest BCUT2D eigenvalue weighted by atomic mass is 19.4. The van der Waals surface area contributed by atoms with Gasteiger partial charge in [-0.25, -0.2) is 9.59 Å². The number of aliphatic hydroxyl groups is 1. The minimum atomic E-state index is -5.08. The van der Waals surface area contributed by atoms with Gasteiger partial charge in [0, 0.05) is 12.7 Å². The van der Waals surface area contributed by atoms with Crippen molar-refractivity contribution in [1.82, 2.24) is 14.9 Å². The monoisotopic (exact) mass is 482 g/mol. The lowest BCUT2D eigenvalue weighted by Gasteiger charge is -2.14. The quantitative estimate of drug-likeness (QED) is 0.343. The topological polar surface area (TPSA) is 168 Å². The number of rotatable bonds is 6. The zero-order valence-corrected chi connectivity index (χ0v) is 17.5. The maximum atomic E-state index is 12.4. The first-order valence-electron chi connectivity index (χ1n) is 9.69. The molecule has 1 amide bonds. The van der Waals surface area contributed by atoms with Gasteiger partial charge in [-0.05, 0) is 22.4 Å². The second-order valence-electron chi connectivity index (χ2n) is 6.94. The van der Waals surface area contributed by atoms with Gasteiger partial charge in [0.25, 0.3) is 5.56 Å². The molecule has 0 aliphatic carbocycles. The van der Waals surface area contributed by atoms with Gasteiger partial charge in [-0.1, -0.05) is 36.4 Å². The molecular weight excluding hydrogens is 461 g/mol. The van der Waals surface area contributed by atoms with Crippen molar-refractivity contribution in [1.29, 1.82) is 0 Å². The van der Waals surface area contributed by atoms with Crippen molar-refractivity contribution in [3.8, 4) is 0 Å². The van der Waals surface area contributed by atoms with E-state index in [-0.39, 0.29) is 25.3 Å². The van der Waals surface area contributed by atoms with Crippen molar-refractivity contribution in [3.05, 3.63) is 80.6 Å². The van der Waals surface area contributed by atoms with E-state index in [9.17, 15) is 27.6 Å². The molecule has 1 aromatic heterocycles. The van der Waals surface area contributed by atoms with Crippen LogP contribution in [0.25, 0.3) is 10.8 Å². The third-order valence-electron chi connectivity index (χ3n) is 4.54. The largest absolute Gasteiger partial charge is 0.490 e. The number of hydrogen-bond acceptors (Lipinski definition) is 6. The van der Waals surface area contributed by atoms with Crippen molar-refractivity contribution < 1.29 is 33.0 Å². The van der Waals surface area contributed by atoms with Crippen LogP contribution in [0, 0.1) is 0 Å². The summed E-state index contributed by atoms with van der Waals surface area (Å²) < 4.78 is 32.9. The lowest BCUT2D eigenvalue weighted by Crippen LogP contribution is -2.37. The molecule has 10 nitrogen and oxygen atoms in total. The highest BCUT2D eigenvalue weighted by molar-refractivity contribution is 5.87. The number of fused-ring (bicyclic) bond motifs is 1. The summed E-state index contributed by atoms with van der Waals surface area (Å²) in [6.07, 6.45) is -3.76. The molecule has 3 rings (SSSR count). The van der Waals surface area contributed by atoms with Crippen LogP contribution in [0.15, 0.2) is 58.3 Å². The van der Waals surface area contributed by atoms with Gasteiger partial charge < -0.3 is 21.3 Å². The van der Waals surface area contributed by atoms with Crippen molar-refractivity contribution in [2.45, 2.75) is 25.3 Å². The Morgan fingerprint density at radius 1 is 1.12 bits per heavy atom. The number of alkyl halides is 3. The zero-order chi connectivity index (χ0) is 25.5. The number of carbonyl (C=O) groups is 2. The van der Waals surface area contributed by atoms with Crippen LogP contribution >= 0.6 is 0 Å². The van der Waals surface area contributed by atoms with Crippen LogP contribution in [-0.2, 0) is 22.7 Å². The fourth-order valence-electron chi connectivity index (χ4n) is 2.80. The molecule has 0 fully saturated rings. The maximum absolute atomic E-state index is 12.4. The van der Waals surface area contributed by atoms with Crippen molar-refractivity contribution in [2.75, 3.05) is 6.61 Å². The number of H-pyrrole nitrogens is 1. The minimum absolute atomic E-state index is 0.0488. The molecule has 1 atom stereocenters. The molecule has 0 bridgehead atoms. The van der Waals surface area contributed by atoms with Gasteiger partial charge >= 0.3 is 17.8 Å².